The number of fused-ring (bicyclic) bond motifs is 1. The van der Waals surface area contributed by atoms with Gasteiger partial charge in [-0.3, -0.25) is 4.79 Å². The van der Waals surface area contributed by atoms with Crippen molar-refractivity contribution in [3.05, 3.63) is 71.5 Å². The molecule has 3 heterocycles. The molecule has 192 valence electrons. The molecule has 0 spiro atoms. The third kappa shape index (κ3) is 5.28. The van der Waals surface area contributed by atoms with Crippen molar-refractivity contribution >= 4 is 22.6 Å². The third-order valence-electron chi connectivity index (χ3n) is 6.91. The summed E-state index contributed by atoms with van der Waals surface area (Å²) in [5, 5.41) is 18.1. The minimum Gasteiger partial charge on any atom is -0.491 e. The van der Waals surface area contributed by atoms with Crippen molar-refractivity contribution in [3.8, 4) is 11.4 Å². The molecular weight excluding hydrogens is 464 g/mol. The van der Waals surface area contributed by atoms with Crippen LogP contribution in [0.4, 0.5) is 5.82 Å². The van der Waals surface area contributed by atoms with Crippen LogP contribution in [0.1, 0.15) is 43.6 Å². The van der Waals surface area contributed by atoms with Gasteiger partial charge in [0.1, 0.15) is 11.3 Å². The first kappa shape index (κ1) is 24.7. The van der Waals surface area contributed by atoms with Gasteiger partial charge in [-0.1, -0.05) is 30.3 Å². The van der Waals surface area contributed by atoms with Crippen LogP contribution in [-0.2, 0) is 11.3 Å². The fraction of sp³-hybridized carbons (Fsp3) is 0.379. The van der Waals surface area contributed by atoms with Crippen molar-refractivity contribution < 1.29 is 9.53 Å². The van der Waals surface area contributed by atoms with E-state index in [2.05, 4.69) is 27.3 Å². The number of aromatic nitrogens is 4. The van der Waals surface area contributed by atoms with Crippen LogP contribution >= 0.6 is 0 Å². The van der Waals surface area contributed by atoms with Gasteiger partial charge < -0.3 is 15.0 Å². The van der Waals surface area contributed by atoms with Gasteiger partial charge in [0.2, 0.25) is 5.91 Å². The van der Waals surface area contributed by atoms with Crippen LogP contribution in [0.3, 0.4) is 0 Å². The molecule has 0 saturated carbocycles. The summed E-state index contributed by atoms with van der Waals surface area (Å²) < 4.78 is 7.66. The Balaban J connectivity index is 1.24. The highest BCUT2D eigenvalue weighted by Gasteiger charge is 2.28. The van der Waals surface area contributed by atoms with Crippen LogP contribution in [0.25, 0.3) is 16.6 Å². The number of nitrogens with zero attached hydrogens (tertiary/aromatic N) is 5. The first-order chi connectivity index (χ1) is 17.9. The minimum atomic E-state index is -0.0164. The summed E-state index contributed by atoms with van der Waals surface area (Å²) in [6.07, 6.45) is 1.67. The molecule has 1 aliphatic rings. The molecule has 37 heavy (non-hydrogen) atoms. The van der Waals surface area contributed by atoms with Crippen LogP contribution in [0.2, 0.25) is 0 Å². The molecule has 0 radical (unpaired) electrons. The molecule has 1 amide bonds. The molecule has 0 bridgehead atoms. The SMILES string of the molecule is Cc1nnc(N2CCC(C(=O)NCc3ccc(OC(C)C)cc3)CC2)c2nn(-c3ccccc3)c(C)c12. The number of aryl methyl sites for hydroxylation is 2. The number of ether oxygens (including phenoxy) is 1. The number of nitrogens with one attached hydrogen (secondary N) is 1. The number of piperidine rings is 1. The van der Waals surface area contributed by atoms with Crippen molar-refractivity contribution in [1.29, 1.82) is 0 Å². The van der Waals surface area contributed by atoms with Gasteiger partial charge in [0.05, 0.1) is 28.6 Å². The van der Waals surface area contributed by atoms with Gasteiger partial charge >= 0.3 is 0 Å². The van der Waals surface area contributed by atoms with Crippen molar-refractivity contribution in [2.75, 3.05) is 18.0 Å². The van der Waals surface area contributed by atoms with Crippen molar-refractivity contribution in [2.45, 2.75) is 53.2 Å². The second-order valence-electron chi connectivity index (χ2n) is 9.96. The predicted molar refractivity (Wildman–Crippen MR) is 145 cm³/mol. The quantitative estimate of drug-likeness (QED) is 0.396. The Morgan fingerprint density at radius 1 is 1.03 bits per heavy atom. The van der Waals surface area contributed by atoms with Crippen molar-refractivity contribution in [1.82, 2.24) is 25.3 Å². The Labute approximate surface area is 217 Å². The van der Waals surface area contributed by atoms with Crippen LogP contribution in [0.5, 0.6) is 5.75 Å². The minimum absolute atomic E-state index is 0.0164. The van der Waals surface area contributed by atoms with E-state index in [0.717, 1.165) is 71.0 Å². The van der Waals surface area contributed by atoms with Crippen LogP contribution in [-0.4, -0.2) is 45.1 Å². The summed E-state index contributed by atoms with van der Waals surface area (Å²) in [5.41, 5.74) is 4.86. The maximum atomic E-state index is 12.9. The smallest absolute Gasteiger partial charge is 0.223 e. The lowest BCUT2D eigenvalue weighted by molar-refractivity contribution is -0.125. The molecule has 5 rings (SSSR count). The number of para-hydroxylation sites is 1. The van der Waals surface area contributed by atoms with Crippen molar-refractivity contribution in [3.63, 3.8) is 0 Å². The third-order valence-corrected chi connectivity index (χ3v) is 6.91. The summed E-state index contributed by atoms with van der Waals surface area (Å²) >= 11 is 0. The number of rotatable bonds is 7. The standard InChI is InChI=1S/C29H34N6O2/c1-19(2)37-25-12-10-22(11-13-25)18-30-29(36)23-14-16-34(17-15-23)28-27-26(20(3)31-32-28)21(4)35(33-27)24-8-6-5-7-9-24/h5-13,19,23H,14-18H2,1-4H3,(H,30,36). The van der Waals surface area contributed by atoms with Gasteiger partial charge in [-0.2, -0.15) is 10.2 Å². The maximum absolute atomic E-state index is 12.9. The first-order valence-corrected chi connectivity index (χ1v) is 13.0. The molecule has 8 heteroatoms. The van der Waals surface area contributed by atoms with Gasteiger partial charge in [-0.15, -0.1) is 5.10 Å². The van der Waals surface area contributed by atoms with E-state index in [1.807, 2.05) is 80.1 Å². The zero-order chi connectivity index (χ0) is 25.9. The highest BCUT2D eigenvalue weighted by atomic mass is 16.5. The van der Waals surface area contributed by atoms with E-state index in [1.54, 1.807) is 0 Å². The normalized spacial score (nSPS) is 14.4. The zero-order valence-electron chi connectivity index (χ0n) is 21.9. The fourth-order valence-electron chi connectivity index (χ4n) is 4.99. The van der Waals surface area contributed by atoms with Crippen LogP contribution < -0.4 is 15.0 Å². The lowest BCUT2D eigenvalue weighted by atomic mass is 9.95. The number of anilines is 1. The van der Waals surface area contributed by atoms with E-state index in [0.29, 0.717) is 6.54 Å². The van der Waals surface area contributed by atoms with Gasteiger partial charge in [-0.25, -0.2) is 4.68 Å². The van der Waals surface area contributed by atoms with E-state index < -0.39 is 0 Å². The molecule has 0 aliphatic carbocycles. The Kier molecular flexibility index (Phi) is 7.08. The molecule has 1 N–H and O–H groups in total. The highest BCUT2D eigenvalue weighted by molar-refractivity contribution is 5.92. The van der Waals surface area contributed by atoms with Crippen molar-refractivity contribution in [2.24, 2.45) is 5.92 Å². The monoisotopic (exact) mass is 498 g/mol. The molecule has 2 aromatic heterocycles. The largest absolute Gasteiger partial charge is 0.491 e. The number of carbonyl (C=O) groups excluding carboxylic acids is 1. The molecule has 2 aromatic carbocycles. The molecule has 4 aromatic rings. The Morgan fingerprint density at radius 2 is 1.73 bits per heavy atom. The van der Waals surface area contributed by atoms with E-state index in [1.165, 1.54) is 0 Å². The van der Waals surface area contributed by atoms with Gasteiger partial charge in [0.15, 0.2) is 5.82 Å². The molecule has 1 aliphatic heterocycles. The average molecular weight is 499 g/mol. The fourth-order valence-corrected chi connectivity index (χ4v) is 4.99. The Hall–Kier alpha value is -3.94. The maximum Gasteiger partial charge on any atom is 0.223 e. The summed E-state index contributed by atoms with van der Waals surface area (Å²) in [4.78, 5) is 15.1. The Bertz CT molecular complexity index is 1370. The second-order valence-corrected chi connectivity index (χ2v) is 9.96. The van der Waals surface area contributed by atoms with Gasteiger partial charge in [0, 0.05) is 25.6 Å². The number of benzene rings is 2. The molecule has 0 atom stereocenters. The molecular formula is C29H34N6O2. The lowest BCUT2D eigenvalue weighted by Gasteiger charge is -2.32. The summed E-state index contributed by atoms with van der Waals surface area (Å²) in [7, 11) is 0. The zero-order valence-corrected chi connectivity index (χ0v) is 21.9. The topological polar surface area (TPSA) is 85.2 Å². The molecule has 8 nitrogen and oxygen atoms in total. The average Bonchev–Trinajstić information content (AvgIpc) is 3.26. The van der Waals surface area contributed by atoms with Gasteiger partial charge in [-0.05, 0) is 70.4 Å². The molecule has 1 saturated heterocycles. The number of hydrogen-bond donors (Lipinski definition) is 1. The van der Waals surface area contributed by atoms with E-state index in [4.69, 9.17) is 9.84 Å². The second kappa shape index (κ2) is 10.6. The number of hydrogen-bond acceptors (Lipinski definition) is 6. The molecule has 1 fully saturated rings. The van der Waals surface area contributed by atoms with E-state index in [-0.39, 0.29) is 17.9 Å². The lowest BCUT2D eigenvalue weighted by Crippen LogP contribution is -2.40. The summed E-state index contributed by atoms with van der Waals surface area (Å²) in [6, 6.07) is 18.0. The first-order valence-electron chi connectivity index (χ1n) is 13.0. The van der Waals surface area contributed by atoms with E-state index in [9.17, 15) is 4.79 Å². The van der Waals surface area contributed by atoms with Gasteiger partial charge in [0.25, 0.3) is 0 Å². The highest BCUT2D eigenvalue weighted by Crippen LogP contribution is 2.31. The number of carbonyl (C=O) groups is 1. The summed E-state index contributed by atoms with van der Waals surface area (Å²) in [5.74, 6) is 1.72. The summed E-state index contributed by atoms with van der Waals surface area (Å²) in [6.45, 7) is 10.1. The van der Waals surface area contributed by atoms with E-state index >= 15 is 0 Å². The Morgan fingerprint density at radius 3 is 2.41 bits per heavy atom. The molecule has 0 unspecified atom stereocenters. The predicted octanol–water partition coefficient (Wildman–Crippen LogP) is 4.75. The van der Waals surface area contributed by atoms with Crippen LogP contribution in [0.15, 0.2) is 54.6 Å². The van der Waals surface area contributed by atoms with Crippen LogP contribution in [0, 0.1) is 19.8 Å². The number of amides is 1.